The minimum Gasteiger partial charge on any atom is -0.495 e. The van der Waals surface area contributed by atoms with Crippen LogP contribution in [0.3, 0.4) is 0 Å². The predicted octanol–water partition coefficient (Wildman–Crippen LogP) is 4.33. The highest BCUT2D eigenvalue weighted by Crippen LogP contribution is 2.31. The van der Waals surface area contributed by atoms with Gasteiger partial charge in [-0.15, -0.1) is 10.2 Å². The molecule has 0 radical (unpaired) electrons. The summed E-state index contributed by atoms with van der Waals surface area (Å²) in [7, 11) is -2.53. The van der Waals surface area contributed by atoms with Crippen LogP contribution in [0.15, 0.2) is 64.0 Å². The van der Waals surface area contributed by atoms with E-state index in [2.05, 4.69) is 19.9 Å². The van der Waals surface area contributed by atoms with Crippen molar-refractivity contribution >= 4 is 27.3 Å². The quantitative estimate of drug-likeness (QED) is 0.454. The number of nitrogens with one attached hydrogen (secondary N) is 2. The van der Waals surface area contributed by atoms with Crippen LogP contribution in [0.1, 0.15) is 0 Å². The normalized spacial score (nSPS) is 11.4. The van der Waals surface area contributed by atoms with Crippen LogP contribution in [-0.2, 0) is 10.0 Å². The van der Waals surface area contributed by atoms with E-state index in [0.29, 0.717) is 22.0 Å². The number of nitrogens with zero attached hydrogens (tertiary/aromatic N) is 2. The second kappa shape index (κ2) is 7.81. The van der Waals surface area contributed by atoms with Crippen molar-refractivity contribution in [1.82, 2.24) is 15.2 Å². The van der Waals surface area contributed by atoms with Crippen molar-refractivity contribution in [3.63, 3.8) is 0 Å². The fraction of sp³-hybridized carbons (Fsp3) is 0.0526. The SMILES string of the molecule is COc1ccc(Cl)cc1NS(=O)(=O)c1c[nH]c(-c2nnc(-c3ccc(F)cc3)o2)c1. The van der Waals surface area contributed by atoms with Gasteiger partial charge in [-0.05, 0) is 48.5 Å². The van der Waals surface area contributed by atoms with Crippen molar-refractivity contribution in [3.8, 4) is 28.8 Å². The lowest BCUT2D eigenvalue weighted by atomic mass is 10.2. The maximum absolute atomic E-state index is 13.1. The minimum atomic E-state index is -3.95. The number of ether oxygens (including phenoxy) is 1. The Balaban J connectivity index is 1.60. The van der Waals surface area contributed by atoms with Gasteiger partial charge in [0.2, 0.25) is 5.89 Å². The number of aromatic amines is 1. The number of hydrogen-bond donors (Lipinski definition) is 2. The number of hydrogen-bond acceptors (Lipinski definition) is 6. The molecule has 0 bridgehead atoms. The summed E-state index contributed by atoms with van der Waals surface area (Å²) in [4.78, 5) is 2.74. The smallest absolute Gasteiger partial charge is 0.264 e. The molecule has 0 saturated carbocycles. The van der Waals surface area contributed by atoms with Gasteiger partial charge in [0.05, 0.1) is 12.8 Å². The highest BCUT2D eigenvalue weighted by molar-refractivity contribution is 7.92. The first kappa shape index (κ1) is 19.9. The van der Waals surface area contributed by atoms with Crippen LogP contribution < -0.4 is 9.46 Å². The van der Waals surface area contributed by atoms with Crippen molar-refractivity contribution in [2.24, 2.45) is 0 Å². The molecule has 0 spiro atoms. The monoisotopic (exact) mass is 448 g/mol. The summed E-state index contributed by atoms with van der Waals surface area (Å²) in [5, 5.41) is 8.17. The van der Waals surface area contributed by atoms with Gasteiger partial charge in [0, 0.05) is 16.8 Å². The van der Waals surface area contributed by atoms with E-state index < -0.39 is 10.0 Å². The summed E-state index contributed by atoms with van der Waals surface area (Å²) in [6.45, 7) is 0. The number of H-pyrrole nitrogens is 1. The molecule has 154 valence electrons. The number of rotatable bonds is 6. The summed E-state index contributed by atoms with van der Waals surface area (Å²) in [5.74, 6) is 0.183. The Labute approximate surface area is 175 Å². The molecular weight excluding hydrogens is 435 g/mol. The van der Waals surface area contributed by atoms with E-state index in [0.717, 1.165) is 0 Å². The predicted molar refractivity (Wildman–Crippen MR) is 108 cm³/mol. The summed E-state index contributed by atoms with van der Waals surface area (Å²) >= 11 is 5.95. The molecule has 2 aromatic heterocycles. The summed E-state index contributed by atoms with van der Waals surface area (Å²) in [6.07, 6.45) is 1.29. The highest BCUT2D eigenvalue weighted by Gasteiger charge is 2.21. The maximum atomic E-state index is 13.1. The third kappa shape index (κ3) is 4.00. The summed E-state index contributed by atoms with van der Waals surface area (Å²) in [6, 6.07) is 11.5. The zero-order valence-corrected chi connectivity index (χ0v) is 17.0. The fourth-order valence-electron chi connectivity index (χ4n) is 2.66. The van der Waals surface area contributed by atoms with Gasteiger partial charge in [-0.2, -0.15) is 0 Å². The molecule has 0 fully saturated rings. The number of benzene rings is 2. The first-order chi connectivity index (χ1) is 14.4. The molecule has 2 heterocycles. The first-order valence-electron chi connectivity index (χ1n) is 8.50. The molecule has 2 N–H and O–H groups in total. The topological polar surface area (TPSA) is 110 Å². The van der Waals surface area contributed by atoms with Crippen molar-refractivity contribution in [2.45, 2.75) is 4.90 Å². The molecule has 11 heteroatoms. The second-order valence-corrected chi connectivity index (χ2v) is 8.24. The molecule has 0 saturated heterocycles. The number of methoxy groups -OCH3 is 1. The van der Waals surface area contributed by atoms with Gasteiger partial charge in [-0.25, -0.2) is 12.8 Å². The van der Waals surface area contributed by atoms with Crippen LogP contribution in [0.25, 0.3) is 23.0 Å². The van der Waals surface area contributed by atoms with Gasteiger partial charge in [0.15, 0.2) is 0 Å². The lowest BCUT2D eigenvalue weighted by Crippen LogP contribution is -2.12. The number of anilines is 1. The van der Waals surface area contributed by atoms with Gasteiger partial charge in [0.1, 0.15) is 22.2 Å². The Bertz CT molecular complexity index is 1300. The van der Waals surface area contributed by atoms with Crippen molar-refractivity contribution in [1.29, 1.82) is 0 Å². The average molecular weight is 449 g/mol. The number of sulfonamides is 1. The zero-order chi connectivity index (χ0) is 21.3. The zero-order valence-electron chi connectivity index (χ0n) is 15.4. The summed E-state index contributed by atoms with van der Waals surface area (Å²) < 4.78 is 51.7. The molecule has 0 aliphatic carbocycles. The van der Waals surface area contributed by atoms with Gasteiger partial charge in [0.25, 0.3) is 15.9 Å². The Morgan fingerprint density at radius 3 is 2.57 bits per heavy atom. The lowest BCUT2D eigenvalue weighted by molar-refractivity contribution is 0.417. The molecule has 4 aromatic rings. The molecule has 0 aliphatic rings. The summed E-state index contributed by atoms with van der Waals surface area (Å²) in [5.41, 5.74) is 1.03. The van der Waals surface area contributed by atoms with E-state index in [1.807, 2.05) is 0 Å². The molecule has 0 aliphatic heterocycles. The van der Waals surface area contributed by atoms with Gasteiger partial charge in [-0.3, -0.25) is 4.72 Å². The molecule has 0 amide bonds. The largest absolute Gasteiger partial charge is 0.495 e. The van der Waals surface area contributed by atoms with E-state index in [1.165, 1.54) is 49.7 Å². The third-order valence-electron chi connectivity index (χ3n) is 4.12. The number of aromatic nitrogens is 3. The Morgan fingerprint density at radius 2 is 1.83 bits per heavy atom. The van der Waals surface area contributed by atoms with E-state index >= 15 is 0 Å². The molecule has 30 heavy (non-hydrogen) atoms. The Kier molecular flexibility index (Phi) is 5.18. The first-order valence-corrected chi connectivity index (χ1v) is 10.4. The van der Waals surface area contributed by atoms with Crippen molar-refractivity contribution in [3.05, 3.63) is 65.6 Å². The Hall–Kier alpha value is -3.37. The van der Waals surface area contributed by atoms with E-state index in [1.54, 1.807) is 12.1 Å². The Morgan fingerprint density at radius 1 is 1.10 bits per heavy atom. The van der Waals surface area contributed by atoms with Gasteiger partial charge >= 0.3 is 0 Å². The van der Waals surface area contributed by atoms with Crippen LogP contribution in [0.4, 0.5) is 10.1 Å². The maximum Gasteiger partial charge on any atom is 0.264 e. The van der Waals surface area contributed by atoms with Crippen molar-refractivity contribution in [2.75, 3.05) is 11.8 Å². The molecular formula is C19H14ClFN4O4S. The molecule has 2 aromatic carbocycles. The van der Waals surface area contributed by atoms with Crippen LogP contribution in [0, 0.1) is 5.82 Å². The fourth-order valence-corrected chi connectivity index (χ4v) is 3.88. The second-order valence-electron chi connectivity index (χ2n) is 6.12. The van der Waals surface area contributed by atoms with Crippen LogP contribution in [0.2, 0.25) is 5.02 Å². The van der Waals surface area contributed by atoms with Crippen LogP contribution in [-0.4, -0.2) is 30.7 Å². The third-order valence-corrected chi connectivity index (χ3v) is 5.70. The van der Waals surface area contributed by atoms with E-state index in [-0.39, 0.29) is 28.2 Å². The van der Waals surface area contributed by atoms with Gasteiger partial charge in [-0.1, -0.05) is 11.6 Å². The molecule has 0 atom stereocenters. The lowest BCUT2D eigenvalue weighted by Gasteiger charge is -2.11. The van der Waals surface area contributed by atoms with Gasteiger partial charge < -0.3 is 14.1 Å². The van der Waals surface area contributed by atoms with E-state index in [4.69, 9.17) is 20.8 Å². The average Bonchev–Trinajstić information content (AvgIpc) is 3.38. The number of halogens is 2. The van der Waals surface area contributed by atoms with Crippen LogP contribution >= 0.6 is 11.6 Å². The molecule has 4 rings (SSSR count). The van der Waals surface area contributed by atoms with E-state index in [9.17, 15) is 12.8 Å². The minimum absolute atomic E-state index is 0.0546. The standard InChI is InChI=1S/C19H14ClFN4O4S/c1-28-17-7-4-12(20)8-15(17)25-30(26,27)14-9-16(22-10-14)19-24-23-18(29-19)11-2-5-13(21)6-3-11/h2-10,22,25H,1H3. The molecule has 8 nitrogen and oxygen atoms in total. The van der Waals surface area contributed by atoms with Crippen molar-refractivity contribution < 1.29 is 22.0 Å². The van der Waals surface area contributed by atoms with Crippen LogP contribution in [0.5, 0.6) is 5.75 Å². The highest BCUT2D eigenvalue weighted by atomic mass is 35.5. The molecule has 0 unspecified atom stereocenters.